The Morgan fingerprint density at radius 2 is 1.77 bits per heavy atom. The van der Waals surface area contributed by atoms with Gasteiger partial charge in [0, 0.05) is 30.6 Å². The molecule has 3 aromatic carbocycles. The lowest BCUT2D eigenvalue weighted by atomic mass is 9.99. The number of hydrogen-bond acceptors (Lipinski definition) is 3. The average Bonchev–Trinajstić information content (AvgIpc) is 3.28. The average molecular weight is 481 g/mol. The molecule has 1 aliphatic rings. The van der Waals surface area contributed by atoms with Gasteiger partial charge in [-0.05, 0) is 65.6 Å². The Morgan fingerprint density at radius 1 is 0.971 bits per heavy atom. The Labute approximate surface area is 200 Å². The molecule has 35 heavy (non-hydrogen) atoms. The van der Waals surface area contributed by atoms with Crippen molar-refractivity contribution in [2.45, 2.75) is 19.1 Å². The number of ether oxygens (including phenoxy) is 1. The predicted molar refractivity (Wildman–Crippen MR) is 127 cm³/mol. The molecular formula is C28H23F4NO2. The highest BCUT2D eigenvalue weighted by atomic mass is 19.4. The van der Waals surface area contributed by atoms with Gasteiger partial charge in [0.05, 0.1) is 12.7 Å². The molecule has 0 spiro atoms. The van der Waals surface area contributed by atoms with Gasteiger partial charge < -0.3 is 9.15 Å². The molecule has 0 aliphatic carbocycles. The molecule has 3 nitrogen and oxygen atoms in total. The molecule has 2 heterocycles. The molecule has 4 aromatic rings. The van der Waals surface area contributed by atoms with Crippen LogP contribution in [0.1, 0.15) is 23.1 Å². The van der Waals surface area contributed by atoms with E-state index in [-0.39, 0.29) is 5.82 Å². The Bertz CT molecular complexity index is 1390. The molecule has 0 unspecified atom stereocenters. The second-order valence-electron chi connectivity index (χ2n) is 8.63. The fourth-order valence-electron chi connectivity index (χ4n) is 4.45. The van der Waals surface area contributed by atoms with E-state index in [1.807, 2.05) is 12.1 Å². The Kier molecular flexibility index (Phi) is 6.11. The Balaban J connectivity index is 1.38. The van der Waals surface area contributed by atoms with E-state index in [1.54, 1.807) is 31.4 Å². The summed E-state index contributed by atoms with van der Waals surface area (Å²) in [6, 6.07) is 17.3. The maximum Gasteiger partial charge on any atom is 0.416 e. The van der Waals surface area contributed by atoms with E-state index in [0.717, 1.165) is 48.2 Å². The summed E-state index contributed by atoms with van der Waals surface area (Å²) in [4.78, 5) is 2.29. The Hall–Kier alpha value is -3.58. The fourth-order valence-corrected chi connectivity index (χ4v) is 4.45. The van der Waals surface area contributed by atoms with Crippen LogP contribution in [0.15, 0.2) is 77.2 Å². The fraction of sp³-hybridized carbons (Fsp3) is 0.214. The van der Waals surface area contributed by atoms with E-state index in [1.165, 1.54) is 23.8 Å². The third-order valence-corrected chi connectivity index (χ3v) is 6.25. The number of benzene rings is 3. The molecule has 1 aromatic heterocycles. The van der Waals surface area contributed by atoms with Crippen LogP contribution in [0.3, 0.4) is 0 Å². The summed E-state index contributed by atoms with van der Waals surface area (Å²) in [5, 5.41) is 0.770. The normalized spacial score (nSPS) is 14.8. The van der Waals surface area contributed by atoms with Gasteiger partial charge in [0.1, 0.15) is 11.6 Å². The molecule has 5 rings (SSSR count). The van der Waals surface area contributed by atoms with E-state index >= 15 is 0 Å². The van der Waals surface area contributed by atoms with E-state index in [4.69, 9.17) is 9.15 Å². The summed E-state index contributed by atoms with van der Waals surface area (Å²) in [5.41, 5.74) is 3.39. The van der Waals surface area contributed by atoms with Gasteiger partial charge in [0.15, 0.2) is 11.3 Å². The van der Waals surface area contributed by atoms with Crippen molar-refractivity contribution in [3.63, 3.8) is 0 Å². The highest BCUT2D eigenvalue weighted by Gasteiger charge is 2.30. The zero-order valence-electron chi connectivity index (χ0n) is 19.0. The van der Waals surface area contributed by atoms with Crippen molar-refractivity contribution >= 4 is 16.5 Å². The largest absolute Gasteiger partial charge is 0.493 e. The molecule has 0 atom stereocenters. The van der Waals surface area contributed by atoms with Gasteiger partial charge >= 0.3 is 6.18 Å². The zero-order valence-corrected chi connectivity index (χ0v) is 19.0. The van der Waals surface area contributed by atoms with Crippen molar-refractivity contribution < 1.29 is 26.7 Å². The summed E-state index contributed by atoms with van der Waals surface area (Å²) in [5.74, 6) is 0.647. The van der Waals surface area contributed by atoms with Gasteiger partial charge in [-0.15, -0.1) is 0 Å². The molecule has 0 saturated heterocycles. The molecule has 0 bridgehead atoms. The molecule has 0 radical (unpaired) electrons. The molecule has 0 fully saturated rings. The smallest absolute Gasteiger partial charge is 0.416 e. The van der Waals surface area contributed by atoms with Crippen molar-refractivity contribution in [2.75, 3.05) is 20.2 Å². The van der Waals surface area contributed by atoms with Crippen LogP contribution in [0.5, 0.6) is 5.75 Å². The first kappa shape index (κ1) is 23.2. The number of rotatable bonds is 5. The first-order valence-corrected chi connectivity index (χ1v) is 11.3. The lowest BCUT2D eigenvalue weighted by molar-refractivity contribution is -0.137. The standard InChI is InChI=1S/C28H23F4NO2/c1-34-26-14-18(17-33-11-9-20(10-12-33)19-5-7-24(29)8-6-19)13-22-16-25(35-27(22)26)21-3-2-4-23(15-21)28(30,31)32/h2-9,13-16H,10-12,17H2,1H3. The van der Waals surface area contributed by atoms with E-state index in [0.29, 0.717) is 29.2 Å². The molecule has 0 amide bonds. The van der Waals surface area contributed by atoms with Crippen LogP contribution in [-0.4, -0.2) is 25.1 Å². The number of fused-ring (bicyclic) bond motifs is 1. The summed E-state index contributed by atoms with van der Waals surface area (Å²) in [6.07, 6.45) is -1.40. The van der Waals surface area contributed by atoms with Gasteiger partial charge in [-0.1, -0.05) is 30.3 Å². The first-order chi connectivity index (χ1) is 16.8. The van der Waals surface area contributed by atoms with Gasteiger partial charge in [-0.25, -0.2) is 4.39 Å². The van der Waals surface area contributed by atoms with Crippen LogP contribution in [0.2, 0.25) is 0 Å². The highest BCUT2D eigenvalue weighted by Crippen LogP contribution is 2.37. The van der Waals surface area contributed by atoms with Crippen molar-refractivity contribution in [1.29, 1.82) is 0 Å². The van der Waals surface area contributed by atoms with Gasteiger partial charge in [0.25, 0.3) is 0 Å². The van der Waals surface area contributed by atoms with E-state index in [9.17, 15) is 17.6 Å². The van der Waals surface area contributed by atoms with Crippen LogP contribution in [0.25, 0.3) is 27.9 Å². The third-order valence-electron chi connectivity index (χ3n) is 6.25. The summed E-state index contributed by atoms with van der Waals surface area (Å²) in [7, 11) is 1.55. The van der Waals surface area contributed by atoms with Crippen molar-refractivity contribution in [3.05, 3.63) is 95.3 Å². The number of halogens is 4. The minimum atomic E-state index is -4.42. The van der Waals surface area contributed by atoms with Crippen LogP contribution >= 0.6 is 0 Å². The lowest BCUT2D eigenvalue weighted by Gasteiger charge is -2.26. The van der Waals surface area contributed by atoms with Crippen molar-refractivity contribution in [2.24, 2.45) is 0 Å². The summed E-state index contributed by atoms with van der Waals surface area (Å²) in [6.45, 7) is 2.29. The zero-order chi connectivity index (χ0) is 24.6. The number of alkyl halides is 3. The van der Waals surface area contributed by atoms with Crippen LogP contribution in [0.4, 0.5) is 17.6 Å². The van der Waals surface area contributed by atoms with E-state index in [2.05, 4.69) is 11.0 Å². The molecular weight excluding hydrogens is 458 g/mol. The van der Waals surface area contributed by atoms with E-state index < -0.39 is 11.7 Å². The highest BCUT2D eigenvalue weighted by molar-refractivity contribution is 5.88. The topological polar surface area (TPSA) is 25.6 Å². The number of methoxy groups -OCH3 is 1. The third kappa shape index (κ3) is 4.95. The van der Waals surface area contributed by atoms with Gasteiger partial charge in [-0.2, -0.15) is 13.2 Å². The maximum absolute atomic E-state index is 13.2. The molecule has 180 valence electrons. The summed E-state index contributed by atoms with van der Waals surface area (Å²) >= 11 is 0. The van der Waals surface area contributed by atoms with Crippen LogP contribution < -0.4 is 4.74 Å². The number of nitrogens with zero attached hydrogens (tertiary/aromatic N) is 1. The monoisotopic (exact) mass is 481 g/mol. The lowest BCUT2D eigenvalue weighted by Crippen LogP contribution is -2.28. The second-order valence-corrected chi connectivity index (χ2v) is 8.63. The minimum Gasteiger partial charge on any atom is -0.493 e. The molecule has 1 aliphatic heterocycles. The van der Waals surface area contributed by atoms with Crippen LogP contribution in [-0.2, 0) is 12.7 Å². The molecule has 0 saturated carbocycles. The Morgan fingerprint density at radius 3 is 2.46 bits per heavy atom. The van der Waals surface area contributed by atoms with Crippen molar-refractivity contribution in [3.8, 4) is 17.1 Å². The van der Waals surface area contributed by atoms with Gasteiger partial charge in [-0.3, -0.25) is 4.90 Å². The molecule has 7 heteroatoms. The molecule has 0 N–H and O–H groups in total. The number of hydrogen-bond donors (Lipinski definition) is 0. The quantitative estimate of drug-likeness (QED) is 0.275. The second kappa shape index (κ2) is 9.23. The van der Waals surface area contributed by atoms with Crippen LogP contribution in [0, 0.1) is 5.82 Å². The number of furan rings is 1. The minimum absolute atomic E-state index is 0.244. The summed E-state index contributed by atoms with van der Waals surface area (Å²) < 4.78 is 64.1. The predicted octanol–water partition coefficient (Wildman–Crippen LogP) is 7.56. The van der Waals surface area contributed by atoms with Crippen molar-refractivity contribution in [1.82, 2.24) is 4.90 Å². The van der Waals surface area contributed by atoms with Gasteiger partial charge in [0.2, 0.25) is 0 Å². The first-order valence-electron chi connectivity index (χ1n) is 11.3. The maximum atomic E-state index is 13.2. The SMILES string of the molecule is COc1cc(CN2CC=C(c3ccc(F)cc3)CC2)cc2cc(-c3cccc(C(F)(F)F)c3)oc12.